The molecule has 41 heavy (non-hydrogen) atoms. The zero-order valence-corrected chi connectivity index (χ0v) is 25.7. The van der Waals surface area contributed by atoms with E-state index in [0.717, 1.165) is 36.5 Å². The second kappa shape index (κ2) is 10.5. The summed E-state index contributed by atoms with van der Waals surface area (Å²) < 4.78 is 3.26. The van der Waals surface area contributed by atoms with Crippen LogP contribution in [-0.2, 0) is 10.8 Å². The zero-order chi connectivity index (χ0) is 29.5. The number of thiophene rings is 2. The molecule has 0 saturated heterocycles. The van der Waals surface area contributed by atoms with Crippen molar-refractivity contribution in [1.29, 1.82) is 10.5 Å². The molecule has 0 bridgehead atoms. The lowest BCUT2D eigenvalue weighted by molar-refractivity contribution is 0.590. The highest BCUT2D eigenvalue weighted by Crippen LogP contribution is 2.45. The summed E-state index contributed by atoms with van der Waals surface area (Å²) in [6.45, 7) is 20.6. The fraction of sp³-hybridized carbons (Fsp3) is 0.229. The molecular weight excluding hydrogens is 541 g/mol. The molecule has 4 nitrogen and oxygen atoms in total. The molecule has 0 fully saturated rings. The monoisotopic (exact) mass is 570 g/mol. The number of nitrogens with zero attached hydrogens (tertiary/aromatic N) is 4. The van der Waals surface area contributed by atoms with Gasteiger partial charge in [0.1, 0.15) is 0 Å². The van der Waals surface area contributed by atoms with Gasteiger partial charge in [-0.25, -0.2) is 10.1 Å². The molecule has 2 heterocycles. The van der Waals surface area contributed by atoms with Crippen molar-refractivity contribution in [3.05, 3.63) is 106 Å². The first-order chi connectivity index (χ1) is 19.4. The third-order valence-electron chi connectivity index (χ3n) is 7.18. The van der Waals surface area contributed by atoms with Gasteiger partial charge in [0.25, 0.3) is 5.70 Å². The summed E-state index contributed by atoms with van der Waals surface area (Å²) in [7, 11) is 0. The van der Waals surface area contributed by atoms with E-state index in [4.69, 9.17) is 6.57 Å². The summed E-state index contributed by atoms with van der Waals surface area (Å²) in [5, 5.41) is 20.0. The van der Waals surface area contributed by atoms with Crippen LogP contribution in [0.5, 0.6) is 0 Å². The third kappa shape index (κ3) is 5.36. The van der Waals surface area contributed by atoms with Crippen LogP contribution < -0.4 is 4.90 Å². The number of rotatable bonds is 4. The van der Waals surface area contributed by atoms with Crippen LogP contribution in [0.25, 0.3) is 29.9 Å². The molecule has 5 aromatic rings. The van der Waals surface area contributed by atoms with E-state index >= 15 is 0 Å². The van der Waals surface area contributed by atoms with E-state index in [-0.39, 0.29) is 22.1 Å². The SMILES string of the molecule is [C-]#[N+]/C(C#N)=C(/C#N)c1cc2sc3cc(N(c4ccc(C(C)(C)C)cc4)c4ccc(C(C)(C)C)cc4)ccc3c2s1. The highest BCUT2D eigenvalue weighted by atomic mass is 32.1. The number of hydrogen-bond donors (Lipinski definition) is 0. The normalized spacial score (nSPS) is 12.5. The largest absolute Gasteiger partial charge is 0.310 e. The molecule has 0 N–H and O–H groups in total. The maximum Gasteiger partial charge on any atom is 0.280 e. The molecule has 0 amide bonds. The van der Waals surface area contributed by atoms with Crippen molar-refractivity contribution in [3.8, 4) is 12.1 Å². The molecule has 2 aromatic heterocycles. The molecule has 0 atom stereocenters. The summed E-state index contributed by atoms with van der Waals surface area (Å²) in [4.78, 5) is 6.20. The van der Waals surface area contributed by atoms with Crippen LogP contribution in [0.4, 0.5) is 17.1 Å². The number of hydrogen-bond acceptors (Lipinski definition) is 5. The summed E-state index contributed by atoms with van der Waals surface area (Å²) >= 11 is 3.12. The standard InChI is InChI=1S/C35H30N4S2/c1-34(2,3)22-8-12-24(13-9-22)39(25-14-10-23(11-15-25)35(4,5)6)26-16-17-27-30(18-26)40-32-19-31(41-33(27)32)28(20-36)29(21-37)38-7/h8-19H,1-6H3/b29-28-. The van der Waals surface area contributed by atoms with Gasteiger partial charge in [0, 0.05) is 36.7 Å². The van der Waals surface area contributed by atoms with Crippen molar-refractivity contribution in [2.24, 2.45) is 0 Å². The van der Waals surface area contributed by atoms with E-state index in [2.05, 4.69) is 124 Å². The Morgan fingerprint density at radius 1 is 0.707 bits per heavy atom. The Morgan fingerprint density at radius 2 is 1.24 bits per heavy atom. The topological polar surface area (TPSA) is 55.2 Å². The van der Waals surface area contributed by atoms with Crippen molar-refractivity contribution in [1.82, 2.24) is 0 Å². The minimum absolute atomic E-state index is 0.0710. The van der Waals surface area contributed by atoms with Crippen LogP contribution in [0.15, 0.2) is 78.5 Å². The molecule has 0 saturated carbocycles. The number of fused-ring (bicyclic) bond motifs is 3. The molecule has 0 radical (unpaired) electrons. The minimum Gasteiger partial charge on any atom is -0.310 e. The molecule has 0 aliphatic rings. The summed E-state index contributed by atoms with van der Waals surface area (Å²) in [5.74, 6) is 0. The Bertz CT molecular complexity index is 1850. The quantitative estimate of drug-likeness (QED) is 0.159. The number of anilines is 3. The lowest BCUT2D eigenvalue weighted by atomic mass is 9.86. The first-order valence-corrected chi connectivity index (χ1v) is 15.0. The van der Waals surface area contributed by atoms with Gasteiger partial charge >= 0.3 is 0 Å². The van der Waals surface area contributed by atoms with Crippen LogP contribution in [0, 0.1) is 29.2 Å². The van der Waals surface area contributed by atoms with Crippen molar-refractivity contribution in [2.45, 2.75) is 52.4 Å². The molecule has 6 heteroatoms. The van der Waals surface area contributed by atoms with E-state index in [9.17, 15) is 10.5 Å². The van der Waals surface area contributed by atoms with Gasteiger partial charge in [-0.05, 0) is 64.4 Å². The van der Waals surface area contributed by atoms with Gasteiger partial charge in [-0.15, -0.1) is 22.7 Å². The van der Waals surface area contributed by atoms with Gasteiger partial charge < -0.3 is 4.90 Å². The van der Waals surface area contributed by atoms with Crippen molar-refractivity contribution in [3.63, 3.8) is 0 Å². The fourth-order valence-corrected chi connectivity index (χ4v) is 7.39. The van der Waals surface area contributed by atoms with E-state index < -0.39 is 0 Å². The second-order valence-corrected chi connectivity index (χ2v) is 14.2. The fourth-order valence-electron chi connectivity index (χ4n) is 4.83. The second-order valence-electron chi connectivity index (χ2n) is 12.1. The maximum absolute atomic E-state index is 9.63. The smallest absolute Gasteiger partial charge is 0.280 e. The highest BCUT2D eigenvalue weighted by molar-refractivity contribution is 7.33. The van der Waals surface area contributed by atoms with Gasteiger partial charge in [-0.2, -0.15) is 5.26 Å². The van der Waals surface area contributed by atoms with Crippen molar-refractivity contribution < 1.29 is 0 Å². The predicted molar refractivity (Wildman–Crippen MR) is 174 cm³/mol. The van der Waals surface area contributed by atoms with E-state index in [1.54, 1.807) is 11.3 Å². The van der Waals surface area contributed by atoms with Crippen LogP contribution in [-0.4, -0.2) is 0 Å². The molecule has 0 spiro atoms. The van der Waals surface area contributed by atoms with Gasteiger partial charge in [0.2, 0.25) is 0 Å². The lowest BCUT2D eigenvalue weighted by Crippen LogP contribution is -2.14. The minimum atomic E-state index is -0.168. The molecule has 0 unspecified atom stereocenters. The Morgan fingerprint density at radius 3 is 1.71 bits per heavy atom. The third-order valence-corrected chi connectivity index (χ3v) is 9.60. The van der Waals surface area contributed by atoms with Crippen LogP contribution >= 0.6 is 22.7 Å². The number of allylic oxidation sites excluding steroid dienone is 2. The maximum atomic E-state index is 9.63. The highest BCUT2D eigenvalue weighted by Gasteiger charge is 2.20. The van der Waals surface area contributed by atoms with E-state index in [1.807, 2.05) is 12.1 Å². The van der Waals surface area contributed by atoms with Crippen LogP contribution in [0.2, 0.25) is 0 Å². The van der Waals surface area contributed by atoms with Crippen LogP contribution in [0.3, 0.4) is 0 Å². The molecule has 3 aromatic carbocycles. The average Bonchev–Trinajstić information content (AvgIpc) is 3.49. The molecule has 202 valence electrons. The molecule has 5 rings (SSSR count). The summed E-state index contributed by atoms with van der Waals surface area (Å²) in [6, 6.07) is 30.0. The molecule has 0 aliphatic carbocycles. The summed E-state index contributed by atoms with van der Waals surface area (Å²) in [6.07, 6.45) is 0. The van der Waals surface area contributed by atoms with Gasteiger partial charge in [-0.3, -0.25) is 0 Å². The van der Waals surface area contributed by atoms with E-state index in [0.29, 0.717) is 4.88 Å². The first kappa shape index (κ1) is 28.1. The van der Waals surface area contributed by atoms with Gasteiger partial charge in [0.15, 0.2) is 0 Å². The average molecular weight is 571 g/mol. The summed E-state index contributed by atoms with van der Waals surface area (Å²) in [5.41, 5.74) is 5.94. The predicted octanol–water partition coefficient (Wildman–Crippen LogP) is 10.9. The molecular formula is C35H30N4S2. The van der Waals surface area contributed by atoms with Crippen molar-refractivity contribution >= 4 is 64.8 Å². The Balaban J connectivity index is 1.63. The molecule has 0 aliphatic heterocycles. The zero-order valence-electron chi connectivity index (χ0n) is 24.0. The van der Waals surface area contributed by atoms with Crippen LogP contribution in [0.1, 0.15) is 57.5 Å². The van der Waals surface area contributed by atoms with Gasteiger partial charge in [-0.1, -0.05) is 71.9 Å². The first-order valence-electron chi connectivity index (χ1n) is 13.3. The van der Waals surface area contributed by atoms with E-state index in [1.165, 1.54) is 22.5 Å². The lowest BCUT2D eigenvalue weighted by Gasteiger charge is -2.28. The Kier molecular flexibility index (Phi) is 7.23. The van der Waals surface area contributed by atoms with Gasteiger partial charge in [0.05, 0.1) is 29.0 Å². The van der Waals surface area contributed by atoms with Crippen molar-refractivity contribution in [2.75, 3.05) is 4.90 Å². The Labute approximate surface area is 249 Å². The number of benzene rings is 3. The Hall–Kier alpha value is -4.41. The number of nitriles is 2.